The van der Waals surface area contributed by atoms with Gasteiger partial charge in [0.1, 0.15) is 5.78 Å². The second-order valence-corrected chi connectivity index (χ2v) is 9.70. The fourth-order valence-corrected chi connectivity index (χ4v) is 3.61. The van der Waals surface area contributed by atoms with Crippen molar-refractivity contribution in [2.24, 2.45) is 11.3 Å². The summed E-state index contributed by atoms with van der Waals surface area (Å²) >= 11 is 0. The van der Waals surface area contributed by atoms with Crippen molar-refractivity contribution in [2.45, 2.75) is 52.2 Å². The van der Waals surface area contributed by atoms with Crippen LogP contribution in [0.4, 0.5) is 0 Å². The monoisotopic (exact) mass is 289 g/mol. The fourth-order valence-electron chi connectivity index (χ4n) is 2.55. The van der Waals surface area contributed by atoms with Crippen LogP contribution in [0.3, 0.4) is 0 Å². The van der Waals surface area contributed by atoms with Gasteiger partial charge in [-0.1, -0.05) is 13.8 Å². The second-order valence-electron chi connectivity index (χ2n) is 6.84. The lowest BCUT2D eigenvalue weighted by Gasteiger charge is -2.31. The third kappa shape index (κ3) is 3.37. The van der Waals surface area contributed by atoms with Crippen LogP contribution in [0.1, 0.15) is 47.5 Å². The number of carbonyl (C=O) groups is 1. The molecule has 0 bridgehead atoms. The van der Waals surface area contributed by atoms with Gasteiger partial charge in [-0.2, -0.15) is 0 Å². The molecule has 4 nitrogen and oxygen atoms in total. The minimum Gasteiger partial charge on any atom is -0.316 e. The number of hydrogen-bond acceptors (Lipinski definition) is 4. The van der Waals surface area contributed by atoms with E-state index < -0.39 is 14.6 Å². The molecule has 0 aliphatic carbocycles. The number of rotatable bonds is 5. The number of sulfone groups is 1. The molecule has 0 amide bonds. The molecule has 0 radical (unpaired) electrons. The Morgan fingerprint density at radius 2 is 1.89 bits per heavy atom. The summed E-state index contributed by atoms with van der Waals surface area (Å²) in [5.41, 5.74) is -0.368. The van der Waals surface area contributed by atoms with Crippen LogP contribution in [-0.4, -0.2) is 37.8 Å². The quantitative estimate of drug-likeness (QED) is 0.838. The number of hydrogen-bond donors (Lipinski definition) is 1. The molecule has 19 heavy (non-hydrogen) atoms. The van der Waals surface area contributed by atoms with Crippen LogP contribution in [-0.2, 0) is 14.6 Å². The van der Waals surface area contributed by atoms with E-state index in [1.54, 1.807) is 20.8 Å². The molecule has 0 aromatic heterocycles. The van der Waals surface area contributed by atoms with E-state index in [1.807, 2.05) is 13.8 Å². The van der Waals surface area contributed by atoms with E-state index in [0.717, 1.165) is 13.0 Å². The smallest absolute Gasteiger partial charge is 0.155 e. The van der Waals surface area contributed by atoms with Crippen molar-refractivity contribution in [1.29, 1.82) is 0 Å². The maximum atomic E-state index is 12.5. The van der Waals surface area contributed by atoms with Crippen molar-refractivity contribution in [2.75, 3.05) is 18.8 Å². The SMILES string of the molecule is CC(C)C1(C(=O)CCS(=O)(=O)C(C)(C)C)CCNC1. The second kappa shape index (κ2) is 5.52. The highest BCUT2D eigenvalue weighted by molar-refractivity contribution is 7.92. The Labute approximate surface area is 117 Å². The van der Waals surface area contributed by atoms with Crippen LogP contribution < -0.4 is 5.32 Å². The van der Waals surface area contributed by atoms with Crippen molar-refractivity contribution in [1.82, 2.24) is 5.32 Å². The van der Waals surface area contributed by atoms with Gasteiger partial charge >= 0.3 is 0 Å². The minimum absolute atomic E-state index is 0.0379. The van der Waals surface area contributed by atoms with Gasteiger partial charge in [0.25, 0.3) is 0 Å². The molecule has 1 rings (SSSR count). The number of carbonyl (C=O) groups excluding carboxylic acids is 1. The maximum Gasteiger partial charge on any atom is 0.155 e. The van der Waals surface area contributed by atoms with Gasteiger partial charge in [0, 0.05) is 18.4 Å². The molecule has 1 N–H and O–H groups in total. The third-order valence-electron chi connectivity index (χ3n) is 4.38. The fraction of sp³-hybridized carbons (Fsp3) is 0.929. The summed E-state index contributed by atoms with van der Waals surface area (Å²) < 4.78 is 23.4. The molecule has 0 spiro atoms. The van der Waals surface area contributed by atoms with E-state index >= 15 is 0 Å². The third-order valence-corrected chi connectivity index (χ3v) is 6.99. The first-order chi connectivity index (χ1) is 8.53. The van der Waals surface area contributed by atoms with Crippen LogP contribution in [0, 0.1) is 11.3 Å². The van der Waals surface area contributed by atoms with Crippen molar-refractivity contribution >= 4 is 15.6 Å². The zero-order valence-corrected chi connectivity index (χ0v) is 13.6. The summed E-state index contributed by atoms with van der Waals surface area (Å²) in [6, 6.07) is 0. The predicted molar refractivity (Wildman–Crippen MR) is 77.9 cm³/mol. The Bertz CT molecular complexity index is 426. The molecule has 1 atom stereocenters. The van der Waals surface area contributed by atoms with Crippen molar-refractivity contribution in [3.05, 3.63) is 0 Å². The van der Waals surface area contributed by atoms with Gasteiger partial charge in [0.2, 0.25) is 0 Å². The Balaban J connectivity index is 2.76. The topological polar surface area (TPSA) is 63.2 Å². The van der Waals surface area contributed by atoms with Crippen LogP contribution in [0.15, 0.2) is 0 Å². The van der Waals surface area contributed by atoms with Gasteiger partial charge in [-0.05, 0) is 39.7 Å². The Morgan fingerprint density at radius 3 is 2.26 bits per heavy atom. The first-order valence-corrected chi connectivity index (χ1v) is 8.64. The van der Waals surface area contributed by atoms with E-state index in [1.165, 1.54) is 0 Å². The normalized spacial score (nSPS) is 24.9. The molecule has 1 aliphatic heterocycles. The summed E-state index contributed by atoms with van der Waals surface area (Å²) in [6.45, 7) is 10.7. The first-order valence-electron chi connectivity index (χ1n) is 6.99. The summed E-state index contributed by atoms with van der Waals surface area (Å²) in [6.07, 6.45) is 0.957. The highest BCUT2D eigenvalue weighted by atomic mass is 32.2. The lowest BCUT2D eigenvalue weighted by Crippen LogP contribution is -2.40. The molecule has 0 aromatic carbocycles. The molecular weight excluding hydrogens is 262 g/mol. The molecule has 0 saturated carbocycles. The molecule has 5 heteroatoms. The van der Waals surface area contributed by atoms with Gasteiger partial charge in [-0.15, -0.1) is 0 Å². The van der Waals surface area contributed by atoms with Gasteiger partial charge in [0.05, 0.1) is 10.5 Å². The lowest BCUT2D eigenvalue weighted by molar-refractivity contribution is -0.129. The van der Waals surface area contributed by atoms with Crippen LogP contribution >= 0.6 is 0 Å². The standard InChI is InChI=1S/C14H27NO3S/c1-11(2)14(7-8-15-10-14)12(16)6-9-19(17,18)13(3,4)5/h11,15H,6-10H2,1-5H3. The van der Waals surface area contributed by atoms with Gasteiger partial charge in [0.15, 0.2) is 9.84 Å². The molecule has 1 unspecified atom stereocenters. The van der Waals surface area contributed by atoms with Crippen molar-refractivity contribution in [3.8, 4) is 0 Å². The average Bonchev–Trinajstić information content (AvgIpc) is 2.74. The summed E-state index contributed by atoms with van der Waals surface area (Å²) in [7, 11) is -3.22. The maximum absolute atomic E-state index is 12.5. The molecule has 1 aliphatic rings. The Kier molecular flexibility index (Phi) is 4.84. The van der Waals surface area contributed by atoms with Gasteiger partial charge in [-0.3, -0.25) is 4.79 Å². The molecule has 1 saturated heterocycles. The summed E-state index contributed by atoms with van der Waals surface area (Å²) in [4.78, 5) is 12.5. The van der Waals surface area contributed by atoms with E-state index in [-0.39, 0.29) is 29.3 Å². The zero-order chi connectivity index (χ0) is 14.9. The molecule has 0 aromatic rings. The van der Waals surface area contributed by atoms with Crippen molar-refractivity contribution in [3.63, 3.8) is 0 Å². The molecule has 1 fully saturated rings. The highest BCUT2D eigenvalue weighted by Gasteiger charge is 2.43. The largest absolute Gasteiger partial charge is 0.316 e. The predicted octanol–water partition coefficient (Wildman–Crippen LogP) is 1.79. The Hall–Kier alpha value is -0.420. The van der Waals surface area contributed by atoms with Crippen LogP contribution in [0.25, 0.3) is 0 Å². The van der Waals surface area contributed by atoms with Crippen molar-refractivity contribution < 1.29 is 13.2 Å². The van der Waals surface area contributed by atoms with Crippen LogP contribution in [0.2, 0.25) is 0 Å². The zero-order valence-electron chi connectivity index (χ0n) is 12.7. The van der Waals surface area contributed by atoms with Gasteiger partial charge < -0.3 is 5.32 Å². The minimum atomic E-state index is -3.22. The highest BCUT2D eigenvalue weighted by Crippen LogP contribution is 2.36. The summed E-state index contributed by atoms with van der Waals surface area (Å²) in [5.74, 6) is 0.303. The van der Waals surface area contributed by atoms with E-state index in [0.29, 0.717) is 6.54 Å². The molecule has 112 valence electrons. The molecule has 1 heterocycles. The average molecular weight is 289 g/mol. The Morgan fingerprint density at radius 1 is 1.32 bits per heavy atom. The first kappa shape index (κ1) is 16.6. The lowest BCUT2D eigenvalue weighted by atomic mass is 9.72. The number of ketones is 1. The van der Waals surface area contributed by atoms with Crippen LogP contribution in [0.5, 0.6) is 0 Å². The molecular formula is C14H27NO3S. The van der Waals surface area contributed by atoms with E-state index in [9.17, 15) is 13.2 Å². The number of Topliss-reactive ketones (excluding diaryl/α,β-unsaturated/α-hetero) is 1. The number of nitrogens with one attached hydrogen (secondary N) is 1. The summed E-state index contributed by atoms with van der Waals surface area (Å²) in [5, 5.41) is 3.23. The van der Waals surface area contributed by atoms with E-state index in [4.69, 9.17) is 0 Å². The van der Waals surface area contributed by atoms with Gasteiger partial charge in [-0.25, -0.2) is 8.42 Å². The van der Waals surface area contributed by atoms with E-state index in [2.05, 4.69) is 5.32 Å².